The Balaban J connectivity index is 1.64. The molecule has 0 aliphatic carbocycles. The molecule has 0 aromatic heterocycles. The van der Waals surface area contributed by atoms with Crippen LogP contribution in [0.5, 0.6) is 5.75 Å². The third-order valence-corrected chi connectivity index (χ3v) is 5.16. The van der Waals surface area contributed by atoms with Crippen LogP contribution < -0.4 is 15.0 Å². The minimum Gasteiger partial charge on any atom is -0.481 e. The smallest absolute Gasteiger partial charge is 0.315 e. The maximum Gasteiger partial charge on any atom is 0.315 e. The average Bonchev–Trinajstić information content (AvgIpc) is 2.72. The fourth-order valence-electron chi connectivity index (χ4n) is 3.27. The number of nitrogens with zero attached hydrogens (tertiary/aromatic N) is 1. The van der Waals surface area contributed by atoms with Crippen LogP contribution >= 0.6 is 0 Å². The van der Waals surface area contributed by atoms with Gasteiger partial charge in [-0.2, -0.15) is 0 Å². The van der Waals surface area contributed by atoms with Gasteiger partial charge in [0.25, 0.3) is 5.91 Å². The molecule has 2 unspecified atom stereocenters. The Hall–Kier alpha value is -3.35. The molecule has 1 aliphatic heterocycles. The average molecular weight is 396 g/mol. The number of carbonyl (C=O) groups excluding carboxylic acids is 2. The van der Waals surface area contributed by atoms with Gasteiger partial charge in [-0.05, 0) is 31.5 Å². The van der Waals surface area contributed by atoms with E-state index < -0.39 is 17.5 Å². The molecule has 0 fully saturated rings. The quantitative estimate of drug-likeness (QED) is 0.749. The van der Waals surface area contributed by atoms with E-state index >= 15 is 0 Å². The number of nitrogens with one attached hydrogen (secondary N) is 1. The second kappa shape index (κ2) is 8.34. The van der Waals surface area contributed by atoms with Crippen LogP contribution in [-0.4, -0.2) is 42.1 Å². The number of hydrogen-bond acceptors (Lipinski definition) is 4. The molecular formula is C22H24N2O5. The number of rotatable bonds is 7. The highest BCUT2D eigenvalue weighted by molar-refractivity contribution is 6.00. The largest absolute Gasteiger partial charge is 0.481 e. The van der Waals surface area contributed by atoms with Gasteiger partial charge in [0.05, 0.1) is 5.69 Å². The first-order valence-electron chi connectivity index (χ1n) is 9.45. The number of fused-ring (bicyclic) bond motifs is 1. The van der Waals surface area contributed by atoms with E-state index in [4.69, 9.17) is 4.74 Å². The molecule has 7 heteroatoms. The third kappa shape index (κ3) is 4.23. The van der Waals surface area contributed by atoms with Crippen molar-refractivity contribution < 1.29 is 24.2 Å². The van der Waals surface area contributed by atoms with Crippen molar-refractivity contribution in [1.82, 2.24) is 5.32 Å². The first-order valence-corrected chi connectivity index (χ1v) is 9.45. The van der Waals surface area contributed by atoms with Crippen LogP contribution in [0.4, 0.5) is 5.69 Å². The van der Waals surface area contributed by atoms with Crippen LogP contribution in [0.2, 0.25) is 0 Å². The zero-order chi connectivity index (χ0) is 21.0. The Morgan fingerprint density at radius 2 is 1.79 bits per heavy atom. The molecule has 2 aromatic carbocycles. The van der Waals surface area contributed by atoms with E-state index in [0.29, 0.717) is 17.0 Å². The molecule has 2 N–H and O–H groups in total. The van der Waals surface area contributed by atoms with E-state index in [9.17, 15) is 19.5 Å². The highest BCUT2D eigenvalue weighted by atomic mass is 16.5. The van der Waals surface area contributed by atoms with Gasteiger partial charge in [0.1, 0.15) is 11.2 Å². The standard InChI is InChI=1S/C22H24N2O5/c1-15-20(26)24(17-10-6-7-11-18(17)29-15)13-12-19(25)23-14-22(2,21(27)28)16-8-4-3-5-9-16/h3-11,15H,12-14H2,1-2H3,(H,23,25)(H,27,28). The monoisotopic (exact) mass is 396 g/mol. The lowest BCUT2D eigenvalue weighted by molar-refractivity contribution is -0.143. The maximum atomic E-state index is 12.5. The predicted molar refractivity (Wildman–Crippen MR) is 108 cm³/mol. The molecule has 0 bridgehead atoms. The summed E-state index contributed by atoms with van der Waals surface area (Å²) in [5.41, 5.74) is -0.00530. The van der Waals surface area contributed by atoms with Gasteiger partial charge in [0.15, 0.2) is 6.10 Å². The second-order valence-electron chi connectivity index (χ2n) is 7.25. The van der Waals surface area contributed by atoms with Crippen molar-refractivity contribution in [2.24, 2.45) is 0 Å². The summed E-state index contributed by atoms with van der Waals surface area (Å²) in [6.07, 6.45) is -0.571. The number of para-hydroxylation sites is 2. The minimum absolute atomic E-state index is 0.0464. The van der Waals surface area contributed by atoms with Gasteiger partial charge < -0.3 is 20.1 Å². The maximum absolute atomic E-state index is 12.5. The number of carboxylic acids is 1. The van der Waals surface area contributed by atoms with Crippen LogP contribution in [0.15, 0.2) is 54.6 Å². The molecule has 2 aromatic rings. The summed E-state index contributed by atoms with van der Waals surface area (Å²) in [6.45, 7) is 3.39. The molecular weight excluding hydrogens is 372 g/mol. The van der Waals surface area contributed by atoms with Crippen LogP contribution in [-0.2, 0) is 19.8 Å². The van der Waals surface area contributed by atoms with Crippen LogP contribution in [0.25, 0.3) is 0 Å². The van der Waals surface area contributed by atoms with Crippen molar-refractivity contribution in [3.8, 4) is 5.75 Å². The van der Waals surface area contributed by atoms with Crippen molar-refractivity contribution in [2.45, 2.75) is 31.8 Å². The van der Waals surface area contributed by atoms with Gasteiger partial charge in [-0.15, -0.1) is 0 Å². The summed E-state index contributed by atoms with van der Waals surface area (Å²) < 4.78 is 5.59. The summed E-state index contributed by atoms with van der Waals surface area (Å²) in [7, 11) is 0. The molecule has 3 rings (SSSR count). The highest BCUT2D eigenvalue weighted by Gasteiger charge is 2.36. The molecule has 2 atom stereocenters. The van der Waals surface area contributed by atoms with Crippen molar-refractivity contribution in [1.29, 1.82) is 0 Å². The third-order valence-electron chi connectivity index (χ3n) is 5.16. The van der Waals surface area contributed by atoms with E-state index in [0.717, 1.165) is 0 Å². The zero-order valence-electron chi connectivity index (χ0n) is 16.4. The van der Waals surface area contributed by atoms with E-state index in [-0.39, 0.29) is 31.3 Å². The summed E-state index contributed by atoms with van der Waals surface area (Å²) >= 11 is 0. The van der Waals surface area contributed by atoms with Gasteiger partial charge in [0.2, 0.25) is 5.91 Å². The SMILES string of the molecule is CC1Oc2ccccc2N(CCC(=O)NCC(C)(C(=O)O)c2ccccc2)C1=O. The Morgan fingerprint density at radius 1 is 1.14 bits per heavy atom. The summed E-state index contributed by atoms with van der Waals surface area (Å²) in [5.74, 6) is -0.952. The molecule has 0 radical (unpaired) electrons. The van der Waals surface area contributed by atoms with E-state index in [2.05, 4.69) is 5.32 Å². The predicted octanol–water partition coefficient (Wildman–Crippen LogP) is 2.35. The zero-order valence-corrected chi connectivity index (χ0v) is 16.4. The van der Waals surface area contributed by atoms with Gasteiger partial charge in [-0.25, -0.2) is 0 Å². The van der Waals surface area contributed by atoms with Crippen LogP contribution in [0, 0.1) is 0 Å². The Labute approximate surface area is 169 Å². The topological polar surface area (TPSA) is 95.9 Å². The molecule has 2 amide bonds. The number of ether oxygens (including phenoxy) is 1. The number of carbonyl (C=O) groups is 3. The second-order valence-corrected chi connectivity index (χ2v) is 7.25. The van der Waals surface area contributed by atoms with Gasteiger partial charge in [-0.3, -0.25) is 14.4 Å². The normalized spacial score (nSPS) is 17.7. The molecule has 0 saturated carbocycles. The number of hydrogen-bond donors (Lipinski definition) is 2. The molecule has 0 saturated heterocycles. The lowest BCUT2D eigenvalue weighted by Crippen LogP contribution is -2.47. The van der Waals surface area contributed by atoms with Gasteiger partial charge >= 0.3 is 5.97 Å². The number of anilines is 1. The molecule has 29 heavy (non-hydrogen) atoms. The summed E-state index contributed by atoms with van der Waals surface area (Å²) in [5, 5.41) is 12.4. The highest BCUT2D eigenvalue weighted by Crippen LogP contribution is 2.33. The Kier molecular flexibility index (Phi) is 5.87. The molecule has 152 valence electrons. The van der Waals surface area contributed by atoms with E-state index in [1.54, 1.807) is 56.3 Å². The Bertz CT molecular complexity index is 914. The lowest BCUT2D eigenvalue weighted by atomic mass is 9.82. The van der Waals surface area contributed by atoms with Crippen molar-refractivity contribution >= 4 is 23.5 Å². The van der Waals surface area contributed by atoms with E-state index in [1.807, 2.05) is 12.1 Å². The molecule has 1 heterocycles. The Morgan fingerprint density at radius 3 is 2.48 bits per heavy atom. The van der Waals surface area contributed by atoms with Crippen LogP contribution in [0.3, 0.4) is 0 Å². The fourth-order valence-corrected chi connectivity index (χ4v) is 3.27. The first kappa shape index (κ1) is 20.4. The first-order chi connectivity index (χ1) is 13.8. The fraction of sp³-hybridized carbons (Fsp3) is 0.318. The van der Waals surface area contributed by atoms with Gasteiger partial charge in [0, 0.05) is 19.5 Å². The number of carboxylic acid groups (broad SMARTS) is 1. The summed E-state index contributed by atoms with van der Waals surface area (Å²) in [4.78, 5) is 38.3. The lowest BCUT2D eigenvalue weighted by Gasteiger charge is -2.33. The molecule has 7 nitrogen and oxygen atoms in total. The number of amides is 2. The summed E-state index contributed by atoms with van der Waals surface area (Å²) in [6, 6.07) is 16.0. The molecule has 0 spiro atoms. The van der Waals surface area contributed by atoms with Crippen molar-refractivity contribution in [3.05, 3.63) is 60.2 Å². The minimum atomic E-state index is -1.24. The van der Waals surface area contributed by atoms with Crippen LogP contribution in [0.1, 0.15) is 25.8 Å². The van der Waals surface area contributed by atoms with Crippen molar-refractivity contribution in [3.63, 3.8) is 0 Å². The molecule has 1 aliphatic rings. The number of benzene rings is 2. The van der Waals surface area contributed by atoms with Crippen molar-refractivity contribution in [2.75, 3.05) is 18.0 Å². The number of aliphatic carboxylic acids is 1. The van der Waals surface area contributed by atoms with E-state index in [1.165, 1.54) is 4.90 Å². The van der Waals surface area contributed by atoms with Gasteiger partial charge in [-0.1, -0.05) is 42.5 Å².